The van der Waals surface area contributed by atoms with E-state index in [-0.39, 0.29) is 17.2 Å². The molecule has 0 aromatic heterocycles. The van der Waals surface area contributed by atoms with Gasteiger partial charge >= 0.3 is 10.1 Å². The third-order valence-electron chi connectivity index (χ3n) is 1.85. The average Bonchev–Trinajstić information content (AvgIpc) is 2.27. The summed E-state index contributed by atoms with van der Waals surface area (Å²) in [4.78, 5) is 10.7. The molecule has 0 aliphatic carbocycles. The highest BCUT2D eigenvalue weighted by Gasteiger charge is 2.18. The molecule has 0 bridgehead atoms. The van der Waals surface area contributed by atoms with E-state index in [9.17, 15) is 13.2 Å². The molecular weight excluding hydrogens is 248 g/mol. The molecular formula is C10H12O6S. The van der Waals surface area contributed by atoms with Crippen LogP contribution in [0.4, 0.5) is 0 Å². The highest BCUT2D eigenvalue weighted by Crippen LogP contribution is 2.38. The van der Waals surface area contributed by atoms with Gasteiger partial charge in [0, 0.05) is 5.56 Å². The zero-order valence-electron chi connectivity index (χ0n) is 9.59. The highest BCUT2D eigenvalue weighted by molar-refractivity contribution is 7.86. The van der Waals surface area contributed by atoms with Crippen LogP contribution in [0.15, 0.2) is 12.1 Å². The van der Waals surface area contributed by atoms with Crippen LogP contribution in [0, 0.1) is 0 Å². The molecule has 1 rings (SSSR count). The van der Waals surface area contributed by atoms with Crippen molar-refractivity contribution in [2.45, 2.75) is 0 Å². The molecule has 1 aromatic rings. The number of hydrogen-bond acceptors (Lipinski definition) is 6. The van der Waals surface area contributed by atoms with Crippen molar-refractivity contribution in [3.63, 3.8) is 0 Å². The quantitative estimate of drug-likeness (QED) is 0.577. The lowest BCUT2D eigenvalue weighted by atomic mass is 10.2. The van der Waals surface area contributed by atoms with E-state index >= 15 is 0 Å². The lowest BCUT2D eigenvalue weighted by Gasteiger charge is -2.13. The minimum atomic E-state index is -3.71. The van der Waals surface area contributed by atoms with Gasteiger partial charge in [-0.05, 0) is 12.1 Å². The molecule has 0 saturated carbocycles. The fourth-order valence-corrected chi connectivity index (χ4v) is 1.67. The Hall–Kier alpha value is -1.76. The topological polar surface area (TPSA) is 78.9 Å². The zero-order valence-corrected chi connectivity index (χ0v) is 10.4. The first-order valence-electron chi connectivity index (χ1n) is 4.52. The summed E-state index contributed by atoms with van der Waals surface area (Å²) in [7, 11) is -1.05. The second kappa shape index (κ2) is 5.05. The largest absolute Gasteiger partial charge is 0.493 e. The summed E-state index contributed by atoms with van der Waals surface area (Å²) in [6.45, 7) is 0. The van der Waals surface area contributed by atoms with Crippen molar-refractivity contribution in [1.29, 1.82) is 0 Å². The first-order valence-corrected chi connectivity index (χ1v) is 6.33. The van der Waals surface area contributed by atoms with E-state index in [4.69, 9.17) is 13.7 Å². The maximum Gasteiger partial charge on any atom is 0.306 e. The van der Waals surface area contributed by atoms with Gasteiger partial charge in [0.25, 0.3) is 0 Å². The third kappa shape index (κ3) is 3.35. The molecule has 0 heterocycles. The second-order valence-electron chi connectivity index (χ2n) is 3.16. The molecule has 0 N–H and O–H groups in total. The van der Waals surface area contributed by atoms with Crippen LogP contribution < -0.4 is 13.7 Å². The van der Waals surface area contributed by atoms with Gasteiger partial charge < -0.3 is 13.7 Å². The van der Waals surface area contributed by atoms with Crippen molar-refractivity contribution in [2.24, 2.45) is 0 Å². The molecule has 0 saturated heterocycles. The Morgan fingerprint density at radius 1 is 1.12 bits per heavy atom. The molecule has 0 fully saturated rings. The number of hydrogen-bond donors (Lipinski definition) is 0. The molecule has 17 heavy (non-hydrogen) atoms. The fourth-order valence-electron chi connectivity index (χ4n) is 1.20. The van der Waals surface area contributed by atoms with Crippen LogP contribution >= 0.6 is 0 Å². The van der Waals surface area contributed by atoms with Gasteiger partial charge in [-0.2, -0.15) is 8.42 Å². The van der Waals surface area contributed by atoms with Gasteiger partial charge in [0.1, 0.15) is 6.29 Å². The Bertz CT molecular complexity index is 495. The Morgan fingerprint density at radius 3 is 1.88 bits per heavy atom. The second-order valence-corrected chi connectivity index (χ2v) is 4.73. The molecule has 0 amide bonds. The van der Waals surface area contributed by atoms with Crippen LogP contribution in [0.2, 0.25) is 0 Å². The summed E-state index contributed by atoms with van der Waals surface area (Å²) in [5, 5.41) is 0. The van der Waals surface area contributed by atoms with Gasteiger partial charge in [-0.3, -0.25) is 4.79 Å². The third-order valence-corrected chi connectivity index (χ3v) is 2.32. The number of benzene rings is 1. The van der Waals surface area contributed by atoms with Crippen molar-refractivity contribution in [2.75, 3.05) is 20.5 Å². The van der Waals surface area contributed by atoms with Gasteiger partial charge in [-0.15, -0.1) is 0 Å². The molecule has 94 valence electrons. The van der Waals surface area contributed by atoms with E-state index in [1.807, 2.05) is 0 Å². The number of carbonyl (C=O) groups excluding carboxylic acids is 1. The van der Waals surface area contributed by atoms with Crippen molar-refractivity contribution in [1.82, 2.24) is 0 Å². The summed E-state index contributed by atoms with van der Waals surface area (Å²) < 4.78 is 36.8. The first kappa shape index (κ1) is 13.3. The Morgan fingerprint density at radius 2 is 1.59 bits per heavy atom. The van der Waals surface area contributed by atoms with E-state index in [1.54, 1.807) is 0 Å². The van der Waals surface area contributed by atoms with Crippen molar-refractivity contribution in [3.8, 4) is 17.2 Å². The van der Waals surface area contributed by atoms with Gasteiger partial charge in [0.2, 0.25) is 5.75 Å². The van der Waals surface area contributed by atoms with Crippen LogP contribution in [-0.2, 0) is 10.1 Å². The van der Waals surface area contributed by atoms with Gasteiger partial charge in [-0.1, -0.05) is 0 Å². The minimum Gasteiger partial charge on any atom is -0.493 e. The van der Waals surface area contributed by atoms with Crippen LogP contribution in [0.5, 0.6) is 17.2 Å². The number of rotatable bonds is 5. The van der Waals surface area contributed by atoms with Gasteiger partial charge in [-0.25, -0.2) is 0 Å². The Balaban J connectivity index is 3.39. The molecule has 0 spiro atoms. The van der Waals surface area contributed by atoms with Crippen molar-refractivity contribution < 1.29 is 26.9 Å². The summed E-state index contributed by atoms with van der Waals surface area (Å²) in [6, 6.07) is 2.71. The normalized spacial score (nSPS) is 10.8. The predicted octanol–water partition coefficient (Wildman–Crippen LogP) is 0.855. The highest BCUT2D eigenvalue weighted by atomic mass is 32.2. The number of ether oxygens (including phenoxy) is 2. The first-order chi connectivity index (χ1) is 7.91. The van der Waals surface area contributed by atoms with Crippen LogP contribution in [-0.4, -0.2) is 35.2 Å². The van der Waals surface area contributed by atoms with E-state index in [2.05, 4.69) is 0 Å². The monoisotopic (exact) mass is 260 g/mol. The number of methoxy groups -OCH3 is 2. The van der Waals surface area contributed by atoms with Crippen molar-refractivity contribution in [3.05, 3.63) is 17.7 Å². The summed E-state index contributed by atoms with van der Waals surface area (Å²) in [5.41, 5.74) is 0.291. The molecule has 7 heteroatoms. The molecule has 0 atom stereocenters. The predicted molar refractivity (Wildman–Crippen MR) is 60.4 cm³/mol. The molecule has 0 aliphatic rings. The summed E-state index contributed by atoms with van der Waals surface area (Å²) >= 11 is 0. The fraction of sp³-hybridized carbons (Fsp3) is 0.300. The van der Waals surface area contributed by atoms with E-state index in [1.165, 1.54) is 26.4 Å². The number of aldehydes is 1. The summed E-state index contributed by atoms with van der Waals surface area (Å²) in [6.07, 6.45) is 1.49. The van der Waals surface area contributed by atoms with Gasteiger partial charge in [0.15, 0.2) is 11.5 Å². The van der Waals surface area contributed by atoms with E-state index < -0.39 is 10.1 Å². The van der Waals surface area contributed by atoms with Crippen LogP contribution in [0.3, 0.4) is 0 Å². The molecule has 1 aromatic carbocycles. The summed E-state index contributed by atoms with van der Waals surface area (Å²) in [5.74, 6) is 0.136. The maximum absolute atomic E-state index is 11.1. The number of carbonyl (C=O) groups is 1. The molecule has 0 unspecified atom stereocenters. The smallest absolute Gasteiger partial charge is 0.306 e. The minimum absolute atomic E-state index is 0.0805. The van der Waals surface area contributed by atoms with Crippen LogP contribution in [0.25, 0.3) is 0 Å². The average molecular weight is 260 g/mol. The molecule has 0 radical (unpaired) electrons. The maximum atomic E-state index is 11.1. The lowest BCUT2D eigenvalue weighted by molar-refractivity contribution is 0.112. The standard InChI is InChI=1S/C10H12O6S/c1-14-8-4-7(6-11)5-9(15-2)10(8)16-17(3,12)13/h4-6H,1-3H3. The van der Waals surface area contributed by atoms with Crippen LogP contribution in [0.1, 0.15) is 10.4 Å². The zero-order chi connectivity index (χ0) is 13.1. The molecule has 6 nitrogen and oxygen atoms in total. The van der Waals surface area contributed by atoms with Gasteiger partial charge in [0.05, 0.1) is 20.5 Å². The lowest BCUT2D eigenvalue weighted by Crippen LogP contribution is -2.08. The Labute approximate surface area is 99.2 Å². The Kier molecular flexibility index (Phi) is 3.95. The molecule has 0 aliphatic heterocycles. The van der Waals surface area contributed by atoms with E-state index in [0.29, 0.717) is 11.8 Å². The van der Waals surface area contributed by atoms with Crippen molar-refractivity contribution >= 4 is 16.4 Å². The SMILES string of the molecule is COc1cc(C=O)cc(OC)c1OS(C)(=O)=O. The van der Waals surface area contributed by atoms with E-state index in [0.717, 1.165) is 6.26 Å².